The van der Waals surface area contributed by atoms with Crippen LogP contribution in [0, 0.1) is 11.8 Å². The topological polar surface area (TPSA) is 83.5 Å². The molecule has 0 radical (unpaired) electrons. The summed E-state index contributed by atoms with van der Waals surface area (Å²) in [7, 11) is 0. The van der Waals surface area contributed by atoms with Crippen LogP contribution in [-0.2, 0) is 28.5 Å². The Balaban J connectivity index is 1.42. The largest absolute Gasteiger partial charge is 0.390 e. The first-order valence-corrected chi connectivity index (χ1v) is 11.8. The molecule has 4 aliphatic rings. The molecule has 1 N–H and O–H groups in total. The van der Waals surface area contributed by atoms with Crippen molar-refractivity contribution >= 4 is 6.29 Å². The van der Waals surface area contributed by atoms with Crippen LogP contribution in [0.15, 0.2) is 12.2 Å². The summed E-state index contributed by atoms with van der Waals surface area (Å²) in [6.45, 7) is 12.8. The van der Waals surface area contributed by atoms with E-state index in [-0.39, 0.29) is 48.6 Å². The predicted molar refractivity (Wildman–Crippen MR) is 114 cm³/mol. The average Bonchev–Trinajstić information content (AvgIpc) is 2.72. The molecule has 31 heavy (non-hydrogen) atoms. The summed E-state index contributed by atoms with van der Waals surface area (Å²) < 4.78 is 30.9. The van der Waals surface area contributed by atoms with Crippen LogP contribution in [0.4, 0.5) is 0 Å². The summed E-state index contributed by atoms with van der Waals surface area (Å²) in [6, 6.07) is 0. The maximum absolute atomic E-state index is 11.0. The molecule has 10 unspecified atom stereocenters. The van der Waals surface area contributed by atoms with Crippen molar-refractivity contribution in [1.29, 1.82) is 0 Å². The lowest BCUT2D eigenvalue weighted by molar-refractivity contribution is -0.355. The zero-order valence-electron chi connectivity index (χ0n) is 19.2. The number of ether oxygens (including phenoxy) is 5. The Morgan fingerprint density at radius 1 is 1.13 bits per heavy atom. The van der Waals surface area contributed by atoms with Gasteiger partial charge in [0.05, 0.1) is 49.3 Å². The fourth-order valence-corrected chi connectivity index (χ4v) is 5.57. The molecule has 0 bridgehead atoms. The highest BCUT2D eigenvalue weighted by molar-refractivity contribution is 5.49. The highest BCUT2D eigenvalue weighted by Crippen LogP contribution is 2.42. The first-order valence-electron chi connectivity index (χ1n) is 11.8. The number of hydrogen-bond donors (Lipinski definition) is 1. The van der Waals surface area contributed by atoms with Crippen LogP contribution in [0.3, 0.4) is 0 Å². The van der Waals surface area contributed by atoms with Crippen molar-refractivity contribution in [1.82, 2.24) is 0 Å². The van der Waals surface area contributed by atoms with Gasteiger partial charge in [0, 0.05) is 25.2 Å². The molecular formula is C24H38O7. The quantitative estimate of drug-likeness (QED) is 0.522. The summed E-state index contributed by atoms with van der Waals surface area (Å²) in [5, 5.41) is 11.0. The van der Waals surface area contributed by atoms with Crippen molar-refractivity contribution < 1.29 is 33.6 Å². The van der Waals surface area contributed by atoms with Crippen LogP contribution >= 0.6 is 0 Å². The van der Waals surface area contributed by atoms with Crippen molar-refractivity contribution in [3.05, 3.63) is 12.2 Å². The van der Waals surface area contributed by atoms with Gasteiger partial charge in [-0.05, 0) is 38.2 Å². The lowest BCUT2D eigenvalue weighted by atomic mass is 9.79. The predicted octanol–water partition coefficient (Wildman–Crippen LogP) is 2.78. The molecule has 10 atom stereocenters. The molecule has 0 aromatic carbocycles. The van der Waals surface area contributed by atoms with Crippen molar-refractivity contribution in [3.63, 3.8) is 0 Å². The maximum atomic E-state index is 11.0. The molecule has 4 saturated heterocycles. The van der Waals surface area contributed by atoms with Crippen LogP contribution in [0.5, 0.6) is 0 Å². The van der Waals surface area contributed by atoms with Gasteiger partial charge in [0.2, 0.25) is 0 Å². The van der Waals surface area contributed by atoms with Crippen molar-refractivity contribution in [3.8, 4) is 0 Å². The second kappa shape index (κ2) is 9.20. The van der Waals surface area contributed by atoms with Crippen LogP contribution < -0.4 is 0 Å². The number of aliphatic hydroxyl groups is 1. The smallest absolute Gasteiger partial charge is 0.163 e. The molecule has 7 nitrogen and oxygen atoms in total. The number of aldehydes is 1. The Kier molecular flexibility index (Phi) is 6.92. The fraction of sp³-hybridized carbons (Fsp3) is 0.875. The monoisotopic (exact) mass is 438 g/mol. The zero-order chi connectivity index (χ0) is 22.3. The van der Waals surface area contributed by atoms with Gasteiger partial charge in [-0.2, -0.15) is 0 Å². The fourth-order valence-electron chi connectivity index (χ4n) is 5.57. The first kappa shape index (κ1) is 23.3. The number of fused-ring (bicyclic) bond motifs is 2. The van der Waals surface area contributed by atoms with E-state index in [4.69, 9.17) is 23.7 Å². The SMILES string of the molecule is C=C1C(C)CC(CCC=O)OC1CC1OC2CC3OC(C)(C)OCC3OC2C(C)C1O. The Hall–Kier alpha value is -0.830. The molecule has 4 fully saturated rings. The van der Waals surface area contributed by atoms with Gasteiger partial charge in [-0.3, -0.25) is 0 Å². The van der Waals surface area contributed by atoms with Crippen molar-refractivity contribution in [2.24, 2.45) is 11.8 Å². The number of carbonyl (C=O) groups excluding carboxylic acids is 1. The Labute approximate surface area is 185 Å². The molecule has 176 valence electrons. The highest BCUT2D eigenvalue weighted by atomic mass is 16.7. The molecule has 4 heterocycles. The Morgan fingerprint density at radius 3 is 2.65 bits per heavy atom. The maximum Gasteiger partial charge on any atom is 0.163 e. The van der Waals surface area contributed by atoms with E-state index in [2.05, 4.69) is 13.5 Å². The van der Waals surface area contributed by atoms with E-state index in [1.165, 1.54) is 0 Å². The third kappa shape index (κ3) is 4.92. The lowest BCUT2D eigenvalue weighted by Gasteiger charge is -2.53. The second-order valence-corrected chi connectivity index (χ2v) is 10.2. The standard InChI is InChI=1S/C24H38O7/c1-13-9-16(7-6-8-25)28-17(14(13)2)10-19-22(26)15(3)23-20(29-19)11-18-21(30-23)12-27-24(4,5)31-18/h8,13,15-23,26H,2,6-7,9-12H2,1,3-5H3. The van der Waals surface area contributed by atoms with E-state index < -0.39 is 11.9 Å². The van der Waals surface area contributed by atoms with Gasteiger partial charge in [0.1, 0.15) is 12.4 Å². The molecule has 4 rings (SSSR count). The molecule has 0 spiro atoms. The average molecular weight is 439 g/mol. The van der Waals surface area contributed by atoms with Gasteiger partial charge in [0.25, 0.3) is 0 Å². The van der Waals surface area contributed by atoms with E-state index in [9.17, 15) is 9.90 Å². The minimum atomic E-state index is -0.651. The summed E-state index contributed by atoms with van der Waals surface area (Å²) in [5.41, 5.74) is 1.04. The van der Waals surface area contributed by atoms with Crippen LogP contribution in [0.25, 0.3) is 0 Å². The molecule has 7 heteroatoms. The molecule has 0 aromatic rings. The molecule has 0 amide bonds. The van der Waals surface area contributed by atoms with Gasteiger partial charge in [0.15, 0.2) is 5.79 Å². The summed E-state index contributed by atoms with van der Waals surface area (Å²) in [6.07, 6.45) is 2.63. The van der Waals surface area contributed by atoms with Gasteiger partial charge >= 0.3 is 0 Å². The summed E-state index contributed by atoms with van der Waals surface area (Å²) in [5.74, 6) is -0.380. The van der Waals surface area contributed by atoms with E-state index in [0.717, 1.165) is 31.1 Å². The molecule has 0 aromatic heterocycles. The molecule has 0 saturated carbocycles. The van der Waals surface area contributed by atoms with Gasteiger partial charge < -0.3 is 33.6 Å². The number of rotatable bonds is 5. The minimum absolute atomic E-state index is 0.0400. The van der Waals surface area contributed by atoms with Crippen LogP contribution in [0.2, 0.25) is 0 Å². The number of aliphatic hydroxyl groups excluding tert-OH is 1. The van der Waals surface area contributed by atoms with E-state index >= 15 is 0 Å². The van der Waals surface area contributed by atoms with Gasteiger partial charge in [-0.15, -0.1) is 0 Å². The van der Waals surface area contributed by atoms with E-state index in [1.807, 2.05) is 20.8 Å². The Morgan fingerprint density at radius 2 is 1.90 bits per heavy atom. The zero-order valence-corrected chi connectivity index (χ0v) is 19.2. The van der Waals surface area contributed by atoms with Crippen LogP contribution in [0.1, 0.15) is 59.8 Å². The first-order chi connectivity index (χ1) is 14.7. The molecule has 0 aliphatic carbocycles. The molecule has 4 aliphatic heterocycles. The summed E-state index contributed by atoms with van der Waals surface area (Å²) in [4.78, 5) is 10.8. The number of hydrogen-bond acceptors (Lipinski definition) is 7. The second-order valence-electron chi connectivity index (χ2n) is 10.2. The third-order valence-electron chi connectivity index (χ3n) is 7.47. The Bertz CT molecular complexity index is 664. The van der Waals surface area contributed by atoms with Crippen LogP contribution in [-0.4, -0.2) is 72.6 Å². The van der Waals surface area contributed by atoms with E-state index in [1.54, 1.807) is 0 Å². The van der Waals surface area contributed by atoms with Gasteiger partial charge in [-0.1, -0.05) is 20.4 Å². The normalized spacial score (nSPS) is 47.3. The van der Waals surface area contributed by atoms with E-state index in [0.29, 0.717) is 25.4 Å². The third-order valence-corrected chi connectivity index (χ3v) is 7.47. The molecular weight excluding hydrogens is 400 g/mol. The lowest BCUT2D eigenvalue weighted by Crippen LogP contribution is -2.63. The van der Waals surface area contributed by atoms with Gasteiger partial charge in [-0.25, -0.2) is 0 Å². The minimum Gasteiger partial charge on any atom is -0.390 e. The number of carbonyl (C=O) groups is 1. The highest BCUT2D eigenvalue weighted by Gasteiger charge is 2.52. The summed E-state index contributed by atoms with van der Waals surface area (Å²) >= 11 is 0. The van der Waals surface area contributed by atoms with Crippen molar-refractivity contribution in [2.45, 2.75) is 114 Å². The van der Waals surface area contributed by atoms with Crippen molar-refractivity contribution in [2.75, 3.05) is 6.61 Å².